The number of carbonyl (C=O) groups excluding carboxylic acids is 1. The second-order valence-electron chi connectivity index (χ2n) is 7.13. The molecule has 4 nitrogen and oxygen atoms in total. The number of rotatable bonds is 1. The van der Waals surface area contributed by atoms with E-state index in [1.54, 1.807) is 0 Å². The van der Waals surface area contributed by atoms with Gasteiger partial charge < -0.3 is 5.32 Å². The van der Waals surface area contributed by atoms with Gasteiger partial charge in [0.05, 0.1) is 11.2 Å². The maximum Gasteiger partial charge on any atom is 0.249 e. The van der Waals surface area contributed by atoms with Crippen LogP contribution in [-0.2, 0) is 10.2 Å². The molecule has 116 valence electrons. The molecule has 1 aliphatic heterocycles. The Bertz CT molecular complexity index is 764. The minimum absolute atomic E-state index is 0.0122. The maximum absolute atomic E-state index is 12.3. The molecular formula is C18H23N3O. The van der Waals surface area contributed by atoms with Crippen molar-refractivity contribution in [1.82, 2.24) is 15.1 Å². The van der Waals surface area contributed by atoms with Gasteiger partial charge in [0.15, 0.2) is 0 Å². The summed E-state index contributed by atoms with van der Waals surface area (Å²) in [7, 11) is 0. The summed E-state index contributed by atoms with van der Waals surface area (Å²) in [5, 5.41) is 8.71. The van der Waals surface area contributed by atoms with Gasteiger partial charge in [0, 0.05) is 11.1 Å². The maximum atomic E-state index is 12.3. The van der Waals surface area contributed by atoms with E-state index in [1.807, 2.05) is 11.6 Å². The molecule has 22 heavy (non-hydrogen) atoms. The predicted octanol–water partition coefficient (Wildman–Crippen LogP) is 3.61. The molecule has 1 unspecified atom stereocenters. The van der Waals surface area contributed by atoms with E-state index in [1.165, 1.54) is 10.9 Å². The normalized spacial score (nSPS) is 19.5. The van der Waals surface area contributed by atoms with Crippen molar-refractivity contribution in [2.45, 2.75) is 52.0 Å². The number of hydrogen-bond acceptors (Lipinski definition) is 2. The van der Waals surface area contributed by atoms with Gasteiger partial charge in [-0.1, -0.05) is 39.5 Å². The fourth-order valence-electron chi connectivity index (χ4n) is 3.23. The highest BCUT2D eigenvalue weighted by Gasteiger charge is 2.29. The molecule has 1 saturated heterocycles. The Morgan fingerprint density at radius 3 is 2.73 bits per heavy atom. The molecule has 1 amide bonds. The van der Waals surface area contributed by atoms with Gasteiger partial charge in [-0.05, 0) is 36.8 Å². The van der Waals surface area contributed by atoms with Gasteiger partial charge >= 0.3 is 0 Å². The highest BCUT2D eigenvalue weighted by molar-refractivity contribution is 5.89. The highest BCUT2D eigenvalue weighted by atomic mass is 16.2. The summed E-state index contributed by atoms with van der Waals surface area (Å²) in [5.41, 5.74) is 4.14. The summed E-state index contributed by atoms with van der Waals surface area (Å²) in [6.45, 7) is 12.5. The first-order valence-corrected chi connectivity index (χ1v) is 7.76. The quantitative estimate of drug-likeness (QED) is 0.874. The zero-order valence-corrected chi connectivity index (χ0v) is 13.7. The highest BCUT2D eigenvalue weighted by Crippen LogP contribution is 2.34. The Morgan fingerprint density at radius 1 is 1.36 bits per heavy atom. The number of amides is 1. The van der Waals surface area contributed by atoms with Crippen molar-refractivity contribution in [1.29, 1.82) is 0 Å². The summed E-state index contributed by atoms with van der Waals surface area (Å²) in [6, 6.07) is 6.02. The molecule has 1 aromatic carbocycles. The summed E-state index contributed by atoms with van der Waals surface area (Å²) in [6.07, 6.45) is 1.55. The van der Waals surface area contributed by atoms with Crippen LogP contribution in [0.3, 0.4) is 0 Å². The first kappa shape index (κ1) is 14.8. The third-order valence-corrected chi connectivity index (χ3v) is 4.33. The lowest BCUT2D eigenvalue weighted by molar-refractivity contribution is -0.125. The monoisotopic (exact) mass is 297 g/mol. The van der Waals surface area contributed by atoms with E-state index in [2.05, 4.69) is 56.0 Å². The lowest BCUT2D eigenvalue weighted by Crippen LogP contribution is -2.36. The van der Waals surface area contributed by atoms with Crippen molar-refractivity contribution in [3.05, 3.63) is 41.7 Å². The summed E-state index contributed by atoms with van der Waals surface area (Å²) in [4.78, 5) is 12.3. The average molecular weight is 297 g/mol. The number of nitrogens with zero attached hydrogens (tertiary/aromatic N) is 2. The molecule has 0 spiro atoms. The smallest absolute Gasteiger partial charge is 0.249 e. The fraction of sp³-hybridized carbons (Fsp3) is 0.444. The Labute approximate surface area is 131 Å². The van der Waals surface area contributed by atoms with Crippen molar-refractivity contribution in [2.24, 2.45) is 0 Å². The number of carbonyl (C=O) groups is 1. The van der Waals surface area contributed by atoms with Gasteiger partial charge in [-0.2, -0.15) is 5.10 Å². The van der Waals surface area contributed by atoms with Crippen molar-refractivity contribution in [3.8, 4) is 0 Å². The molecule has 3 rings (SSSR count). The first-order valence-electron chi connectivity index (χ1n) is 7.76. The summed E-state index contributed by atoms with van der Waals surface area (Å²) in [5.74, 6) is -0.0122. The number of aromatic nitrogens is 2. The molecule has 1 aliphatic rings. The molecule has 1 aromatic heterocycles. The van der Waals surface area contributed by atoms with E-state index in [9.17, 15) is 4.79 Å². The SMILES string of the molecule is C=C1CCC(n2nc(C)c3c(C(C)(C)C)cccc32)C(=O)N1. The van der Waals surface area contributed by atoms with Gasteiger partial charge in [-0.15, -0.1) is 0 Å². The Kier molecular flexibility index (Phi) is 3.35. The van der Waals surface area contributed by atoms with Crippen LogP contribution in [0.15, 0.2) is 30.5 Å². The Hall–Kier alpha value is -2.10. The third-order valence-electron chi connectivity index (χ3n) is 4.33. The van der Waals surface area contributed by atoms with Gasteiger partial charge in [-0.25, -0.2) is 0 Å². The third kappa shape index (κ3) is 2.32. The molecule has 0 aliphatic carbocycles. The number of fused-ring (bicyclic) bond motifs is 1. The van der Waals surface area contributed by atoms with Crippen LogP contribution in [0.5, 0.6) is 0 Å². The van der Waals surface area contributed by atoms with E-state index < -0.39 is 0 Å². The number of nitrogens with one attached hydrogen (secondary N) is 1. The van der Waals surface area contributed by atoms with Crippen LogP contribution < -0.4 is 5.32 Å². The molecular weight excluding hydrogens is 274 g/mol. The second kappa shape index (κ2) is 4.97. The van der Waals surface area contributed by atoms with Crippen molar-refractivity contribution < 1.29 is 4.79 Å². The van der Waals surface area contributed by atoms with E-state index in [0.717, 1.165) is 29.7 Å². The van der Waals surface area contributed by atoms with E-state index in [-0.39, 0.29) is 17.4 Å². The molecule has 1 atom stereocenters. The lowest BCUT2D eigenvalue weighted by atomic mass is 9.84. The molecule has 0 bridgehead atoms. The lowest BCUT2D eigenvalue weighted by Gasteiger charge is -2.25. The Morgan fingerprint density at radius 2 is 2.09 bits per heavy atom. The van der Waals surface area contributed by atoms with Gasteiger partial charge in [0.1, 0.15) is 6.04 Å². The predicted molar refractivity (Wildman–Crippen MR) is 88.7 cm³/mol. The first-order chi connectivity index (χ1) is 10.3. The average Bonchev–Trinajstić information content (AvgIpc) is 2.75. The van der Waals surface area contributed by atoms with E-state index >= 15 is 0 Å². The van der Waals surface area contributed by atoms with Crippen LogP contribution in [0.4, 0.5) is 0 Å². The van der Waals surface area contributed by atoms with Gasteiger partial charge in [0.2, 0.25) is 5.91 Å². The van der Waals surface area contributed by atoms with Crippen molar-refractivity contribution >= 4 is 16.8 Å². The number of piperidine rings is 1. The van der Waals surface area contributed by atoms with Crippen LogP contribution in [0.25, 0.3) is 10.9 Å². The van der Waals surface area contributed by atoms with Crippen molar-refractivity contribution in [2.75, 3.05) is 0 Å². The van der Waals surface area contributed by atoms with E-state index in [4.69, 9.17) is 0 Å². The fourth-order valence-corrected chi connectivity index (χ4v) is 3.23. The number of hydrogen-bond donors (Lipinski definition) is 1. The zero-order chi connectivity index (χ0) is 16.1. The van der Waals surface area contributed by atoms with Gasteiger partial charge in [-0.3, -0.25) is 9.48 Å². The summed E-state index contributed by atoms with van der Waals surface area (Å²) < 4.78 is 1.89. The van der Waals surface area contributed by atoms with Crippen LogP contribution in [0, 0.1) is 6.92 Å². The van der Waals surface area contributed by atoms with Gasteiger partial charge in [0.25, 0.3) is 0 Å². The summed E-state index contributed by atoms with van der Waals surface area (Å²) >= 11 is 0. The molecule has 1 fully saturated rings. The van der Waals surface area contributed by atoms with Crippen LogP contribution in [0.2, 0.25) is 0 Å². The largest absolute Gasteiger partial charge is 0.329 e. The van der Waals surface area contributed by atoms with E-state index in [0.29, 0.717) is 0 Å². The van der Waals surface area contributed by atoms with Crippen molar-refractivity contribution in [3.63, 3.8) is 0 Å². The Balaban J connectivity index is 2.17. The zero-order valence-electron chi connectivity index (χ0n) is 13.7. The molecule has 1 N–H and O–H groups in total. The molecule has 4 heteroatoms. The molecule has 0 radical (unpaired) electrons. The molecule has 2 aromatic rings. The topological polar surface area (TPSA) is 46.9 Å². The minimum Gasteiger partial charge on any atom is -0.329 e. The molecule has 2 heterocycles. The molecule has 0 saturated carbocycles. The number of allylic oxidation sites excluding steroid dienone is 1. The van der Waals surface area contributed by atoms with Crippen LogP contribution in [0.1, 0.15) is 50.9 Å². The van der Waals surface area contributed by atoms with Crippen LogP contribution in [-0.4, -0.2) is 15.7 Å². The standard InChI is InChI=1S/C18H23N3O/c1-11-9-10-15(17(22)19-11)21-14-8-6-7-13(18(3,4)5)16(14)12(2)20-21/h6-8,15H,1,9-10H2,2-5H3,(H,19,22). The number of aryl methyl sites for hydroxylation is 1. The second-order valence-corrected chi connectivity index (χ2v) is 7.13. The minimum atomic E-state index is -0.253. The van der Waals surface area contributed by atoms with Crippen LogP contribution >= 0.6 is 0 Å². The number of benzene rings is 1.